The van der Waals surface area contributed by atoms with Crippen LogP contribution in [0.3, 0.4) is 0 Å². The zero-order chi connectivity index (χ0) is 16.4. The molecule has 1 saturated heterocycles. The molecular weight excluding hydrogens is 288 g/mol. The number of aromatic nitrogens is 1. The maximum atomic E-state index is 12.5. The standard InChI is InChI=1S/C14H18N4O4/c1-7(2)9-4-3-8(13(21)17-9)14(22)18-6-11(19)16-5-10(18)12(15)20/h3-4,7,10H,5-6H2,1-2H3,(H2,15,20)(H,16,19)(H,17,21). The molecule has 1 unspecified atom stereocenters. The number of aromatic amines is 1. The summed E-state index contributed by atoms with van der Waals surface area (Å²) in [6.45, 7) is 3.45. The van der Waals surface area contributed by atoms with E-state index in [-0.39, 0.29) is 24.6 Å². The van der Waals surface area contributed by atoms with Gasteiger partial charge in [0.2, 0.25) is 11.8 Å². The highest BCUT2D eigenvalue weighted by atomic mass is 16.2. The Morgan fingerprint density at radius 1 is 1.32 bits per heavy atom. The lowest BCUT2D eigenvalue weighted by atomic mass is 10.1. The fourth-order valence-corrected chi connectivity index (χ4v) is 2.26. The van der Waals surface area contributed by atoms with Crippen LogP contribution in [0.5, 0.6) is 0 Å². The second kappa shape index (κ2) is 6.00. The van der Waals surface area contributed by atoms with Crippen LogP contribution in [0.1, 0.15) is 35.8 Å². The minimum atomic E-state index is -0.964. The Morgan fingerprint density at radius 3 is 2.55 bits per heavy atom. The van der Waals surface area contributed by atoms with Gasteiger partial charge in [-0.05, 0) is 18.1 Å². The first-order valence-corrected chi connectivity index (χ1v) is 6.91. The Morgan fingerprint density at radius 2 is 2.00 bits per heavy atom. The van der Waals surface area contributed by atoms with Crippen LogP contribution in [-0.4, -0.2) is 46.7 Å². The van der Waals surface area contributed by atoms with Crippen LogP contribution in [0.2, 0.25) is 0 Å². The van der Waals surface area contributed by atoms with E-state index in [1.54, 1.807) is 6.07 Å². The van der Waals surface area contributed by atoms with Crippen LogP contribution < -0.4 is 16.6 Å². The van der Waals surface area contributed by atoms with Crippen LogP contribution in [0.25, 0.3) is 0 Å². The van der Waals surface area contributed by atoms with Gasteiger partial charge in [-0.3, -0.25) is 19.2 Å². The van der Waals surface area contributed by atoms with E-state index in [9.17, 15) is 19.2 Å². The fraction of sp³-hybridized carbons (Fsp3) is 0.429. The third-order valence-electron chi connectivity index (χ3n) is 3.56. The highest BCUT2D eigenvalue weighted by molar-refractivity contribution is 6.00. The molecule has 2 rings (SSSR count). The van der Waals surface area contributed by atoms with Crippen molar-refractivity contribution in [3.8, 4) is 0 Å². The van der Waals surface area contributed by atoms with E-state index in [2.05, 4.69) is 10.3 Å². The van der Waals surface area contributed by atoms with Crippen molar-refractivity contribution in [1.29, 1.82) is 0 Å². The van der Waals surface area contributed by atoms with Crippen LogP contribution in [0.4, 0.5) is 0 Å². The van der Waals surface area contributed by atoms with Gasteiger partial charge in [0.1, 0.15) is 18.2 Å². The summed E-state index contributed by atoms with van der Waals surface area (Å²) in [5.41, 5.74) is 5.28. The van der Waals surface area contributed by atoms with Crippen molar-refractivity contribution >= 4 is 17.7 Å². The van der Waals surface area contributed by atoms with Gasteiger partial charge in [-0.25, -0.2) is 0 Å². The van der Waals surface area contributed by atoms with E-state index < -0.39 is 29.3 Å². The smallest absolute Gasteiger partial charge is 0.261 e. The number of H-pyrrole nitrogens is 1. The number of piperazine rings is 1. The van der Waals surface area contributed by atoms with E-state index in [0.717, 1.165) is 4.90 Å². The number of carbonyl (C=O) groups excluding carboxylic acids is 3. The first-order valence-electron chi connectivity index (χ1n) is 6.91. The average Bonchev–Trinajstić information content (AvgIpc) is 2.45. The van der Waals surface area contributed by atoms with Crippen molar-refractivity contribution in [3.63, 3.8) is 0 Å². The largest absolute Gasteiger partial charge is 0.368 e. The van der Waals surface area contributed by atoms with Crippen LogP contribution in [-0.2, 0) is 9.59 Å². The van der Waals surface area contributed by atoms with Crippen molar-refractivity contribution < 1.29 is 14.4 Å². The van der Waals surface area contributed by atoms with Gasteiger partial charge in [0, 0.05) is 12.2 Å². The molecule has 0 radical (unpaired) electrons. The normalized spacial score (nSPS) is 18.2. The van der Waals surface area contributed by atoms with E-state index in [1.165, 1.54) is 6.07 Å². The van der Waals surface area contributed by atoms with Gasteiger partial charge >= 0.3 is 0 Å². The number of primary amides is 1. The third-order valence-corrected chi connectivity index (χ3v) is 3.56. The second-order valence-electron chi connectivity index (χ2n) is 5.47. The molecule has 0 spiro atoms. The van der Waals surface area contributed by atoms with Crippen LogP contribution in [0.15, 0.2) is 16.9 Å². The number of nitrogens with one attached hydrogen (secondary N) is 2. The average molecular weight is 306 g/mol. The van der Waals surface area contributed by atoms with Gasteiger partial charge in [-0.1, -0.05) is 13.8 Å². The zero-order valence-electron chi connectivity index (χ0n) is 12.4. The van der Waals surface area contributed by atoms with Crippen molar-refractivity contribution in [2.75, 3.05) is 13.1 Å². The minimum absolute atomic E-state index is 0.0537. The van der Waals surface area contributed by atoms with Crippen molar-refractivity contribution in [2.24, 2.45) is 5.73 Å². The lowest BCUT2D eigenvalue weighted by Gasteiger charge is -2.33. The molecule has 0 saturated carbocycles. The number of nitrogens with zero attached hydrogens (tertiary/aromatic N) is 1. The van der Waals surface area contributed by atoms with Gasteiger partial charge in [0.05, 0.1) is 0 Å². The summed E-state index contributed by atoms with van der Waals surface area (Å²) in [5, 5.41) is 2.47. The molecule has 1 fully saturated rings. The summed E-state index contributed by atoms with van der Waals surface area (Å²) in [6.07, 6.45) is 0. The van der Waals surface area contributed by atoms with E-state index >= 15 is 0 Å². The summed E-state index contributed by atoms with van der Waals surface area (Å²) < 4.78 is 0. The predicted molar refractivity (Wildman–Crippen MR) is 78.2 cm³/mol. The van der Waals surface area contributed by atoms with E-state index in [1.807, 2.05) is 13.8 Å². The third kappa shape index (κ3) is 3.00. The predicted octanol–water partition coefficient (Wildman–Crippen LogP) is -1.08. The first kappa shape index (κ1) is 15.7. The van der Waals surface area contributed by atoms with Gasteiger partial charge in [-0.15, -0.1) is 0 Å². The molecule has 0 aromatic carbocycles. The van der Waals surface area contributed by atoms with Gasteiger partial charge in [0.15, 0.2) is 0 Å². The summed E-state index contributed by atoms with van der Waals surface area (Å²) in [4.78, 5) is 51.1. The van der Waals surface area contributed by atoms with E-state index in [0.29, 0.717) is 5.69 Å². The molecule has 1 aromatic heterocycles. The monoisotopic (exact) mass is 306 g/mol. The van der Waals surface area contributed by atoms with Crippen molar-refractivity contribution in [1.82, 2.24) is 15.2 Å². The molecule has 2 heterocycles. The quantitative estimate of drug-likeness (QED) is 0.657. The second-order valence-corrected chi connectivity index (χ2v) is 5.47. The number of pyridine rings is 1. The number of rotatable bonds is 3. The summed E-state index contributed by atoms with van der Waals surface area (Å²) in [7, 11) is 0. The molecule has 4 N–H and O–H groups in total. The Balaban J connectivity index is 2.35. The topological polar surface area (TPSA) is 125 Å². The molecule has 0 aliphatic carbocycles. The Bertz CT molecular complexity index is 680. The fourth-order valence-electron chi connectivity index (χ4n) is 2.26. The maximum absolute atomic E-state index is 12.5. The molecule has 1 aliphatic heterocycles. The van der Waals surface area contributed by atoms with Crippen LogP contribution in [0, 0.1) is 0 Å². The molecule has 118 valence electrons. The molecule has 0 bridgehead atoms. The highest BCUT2D eigenvalue weighted by Gasteiger charge is 2.35. The molecule has 22 heavy (non-hydrogen) atoms. The number of amides is 3. The van der Waals surface area contributed by atoms with Gasteiger partial charge < -0.3 is 20.9 Å². The first-order chi connectivity index (χ1) is 10.3. The van der Waals surface area contributed by atoms with Crippen molar-refractivity contribution in [3.05, 3.63) is 33.7 Å². The minimum Gasteiger partial charge on any atom is -0.368 e. The molecule has 1 aromatic rings. The molecule has 3 amide bonds. The lowest BCUT2D eigenvalue weighted by molar-refractivity contribution is -0.129. The lowest BCUT2D eigenvalue weighted by Crippen LogP contribution is -2.61. The van der Waals surface area contributed by atoms with Gasteiger partial charge in [-0.2, -0.15) is 0 Å². The SMILES string of the molecule is CC(C)c1ccc(C(=O)N2CC(=O)NCC2C(N)=O)c(=O)[nH]1. The summed E-state index contributed by atoms with van der Waals surface area (Å²) in [6, 6.07) is 2.08. The number of hydrogen-bond donors (Lipinski definition) is 3. The molecule has 1 aliphatic rings. The molecule has 1 atom stereocenters. The van der Waals surface area contributed by atoms with Gasteiger partial charge in [0.25, 0.3) is 11.5 Å². The van der Waals surface area contributed by atoms with Crippen molar-refractivity contribution in [2.45, 2.75) is 25.8 Å². The Hall–Kier alpha value is -2.64. The Labute approximate surface area is 126 Å². The maximum Gasteiger partial charge on any atom is 0.261 e. The molecule has 8 heteroatoms. The molecule has 8 nitrogen and oxygen atoms in total. The summed E-state index contributed by atoms with van der Waals surface area (Å²) in [5.74, 6) is -1.71. The number of carbonyl (C=O) groups is 3. The van der Waals surface area contributed by atoms with E-state index in [4.69, 9.17) is 5.73 Å². The molecular formula is C14H18N4O4. The van der Waals surface area contributed by atoms with Crippen LogP contribution >= 0.6 is 0 Å². The number of nitrogens with two attached hydrogens (primary N) is 1. The Kier molecular flexibility index (Phi) is 4.30. The number of hydrogen-bond acceptors (Lipinski definition) is 4. The summed E-state index contributed by atoms with van der Waals surface area (Å²) >= 11 is 0. The zero-order valence-corrected chi connectivity index (χ0v) is 12.4. The highest BCUT2D eigenvalue weighted by Crippen LogP contribution is 2.12.